The van der Waals surface area contributed by atoms with Crippen molar-refractivity contribution in [1.29, 1.82) is 0 Å². The van der Waals surface area contributed by atoms with Crippen molar-refractivity contribution in [2.24, 2.45) is 5.41 Å². The first-order valence-corrected chi connectivity index (χ1v) is 8.29. The van der Waals surface area contributed by atoms with Gasteiger partial charge in [0.25, 0.3) is 0 Å². The molecule has 0 saturated heterocycles. The first kappa shape index (κ1) is 14.6. The van der Waals surface area contributed by atoms with Gasteiger partial charge in [-0.15, -0.1) is 0 Å². The summed E-state index contributed by atoms with van der Waals surface area (Å²) in [4.78, 5) is 4.66. The first-order chi connectivity index (χ1) is 10.2. The molecule has 0 aliphatic heterocycles. The lowest BCUT2D eigenvalue weighted by Crippen LogP contribution is -2.44. The van der Waals surface area contributed by atoms with E-state index in [-0.39, 0.29) is 0 Å². The van der Waals surface area contributed by atoms with Gasteiger partial charge in [-0.2, -0.15) is 0 Å². The van der Waals surface area contributed by atoms with E-state index in [9.17, 15) is 0 Å². The van der Waals surface area contributed by atoms with E-state index >= 15 is 0 Å². The van der Waals surface area contributed by atoms with Crippen molar-refractivity contribution >= 4 is 11.1 Å². The maximum Gasteiger partial charge on any atom is 0.197 e. The molecule has 3 heteroatoms. The highest BCUT2D eigenvalue weighted by Crippen LogP contribution is 2.41. The van der Waals surface area contributed by atoms with Gasteiger partial charge in [0, 0.05) is 12.5 Å². The standard InChI is InChI=1S/C18H26N2O/c1-3-12-19-16(18(2)10-6-7-11-18)13-17-20-14-8-4-5-9-15(14)21-17/h4-5,8-9,16,19H,3,6-7,10-13H2,1-2H3. The van der Waals surface area contributed by atoms with Crippen LogP contribution >= 0.6 is 0 Å². The van der Waals surface area contributed by atoms with Crippen molar-refractivity contribution in [2.45, 2.75) is 58.4 Å². The molecular formula is C18H26N2O. The molecule has 21 heavy (non-hydrogen) atoms. The molecule has 3 nitrogen and oxygen atoms in total. The number of para-hydroxylation sites is 2. The molecule has 0 amide bonds. The number of rotatable bonds is 6. The normalized spacial score (nSPS) is 19.1. The maximum absolute atomic E-state index is 5.93. The molecule has 0 spiro atoms. The average Bonchev–Trinajstić information content (AvgIpc) is 3.09. The van der Waals surface area contributed by atoms with Crippen LogP contribution in [0.4, 0.5) is 0 Å². The molecule has 2 aromatic rings. The third-order valence-electron chi connectivity index (χ3n) is 4.94. The number of fused-ring (bicyclic) bond motifs is 1. The number of hydrogen-bond donors (Lipinski definition) is 1. The van der Waals surface area contributed by atoms with Crippen LogP contribution in [0.5, 0.6) is 0 Å². The molecule has 1 fully saturated rings. The summed E-state index contributed by atoms with van der Waals surface area (Å²) < 4.78 is 5.93. The Hall–Kier alpha value is -1.35. The number of oxazole rings is 1. The largest absolute Gasteiger partial charge is 0.441 e. The predicted octanol–water partition coefficient (Wildman–Crippen LogP) is 4.32. The van der Waals surface area contributed by atoms with E-state index in [1.54, 1.807) is 0 Å². The Bertz CT molecular complexity index is 551. The van der Waals surface area contributed by atoms with E-state index < -0.39 is 0 Å². The van der Waals surface area contributed by atoms with Gasteiger partial charge in [-0.1, -0.05) is 38.8 Å². The van der Waals surface area contributed by atoms with Crippen molar-refractivity contribution in [3.05, 3.63) is 30.2 Å². The number of aromatic nitrogens is 1. The Labute approximate surface area is 127 Å². The molecule has 1 aliphatic carbocycles. The van der Waals surface area contributed by atoms with Crippen LogP contribution < -0.4 is 5.32 Å². The zero-order valence-corrected chi connectivity index (χ0v) is 13.2. The van der Waals surface area contributed by atoms with E-state index in [1.807, 2.05) is 24.3 Å². The molecule has 1 aromatic carbocycles. The molecule has 1 atom stereocenters. The molecule has 1 aromatic heterocycles. The topological polar surface area (TPSA) is 38.1 Å². The van der Waals surface area contributed by atoms with Gasteiger partial charge in [0.1, 0.15) is 5.52 Å². The van der Waals surface area contributed by atoms with Crippen LogP contribution in [0.15, 0.2) is 28.7 Å². The van der Waals surface area contributed by atoms with Crippen molar-refractivity contribution in [2.75, 3.05) is 6.54 Å². The third kappa shape index (κ3) is 3.13. The fourth-order valence-corrected chi connectivity index (χ4v) is 3.60. The second-order valence-corrected chi connectivity index (χ2v) is 6.65. The summed E-state index contributed by atoms with van der Waals surface area (Å²) in [5.74, 6) is 0.873. The average molecular weight is 286 g/mol. The number of nitrogens with one attached hydrogen (secondary N) is 1. The maximum atomic E-state index is 5.93. The van der Waals surface area contributed by atoms with Crippen LogP contribution in [0, 0.1) is 5.41 Å². The Morgan fingerprint density at radius 3 is 2.76 bits per heavy atom. The molecular weight excluding hydrogens is 260 g/mol. The molecule has 1 saturated carbocycles. The van der Waals surface area contributed by atoms with Crippen molar-refractivity contribution in [3.63, 3.8) is 0 Å². The Kier molecular flexibility index (Phi) is 4.29. The summed E-state index contributed by atoms with van der Waals surface area (Å²) in [6.45, 7) is 5.72. The van der Waals surface area contributed by atoms with Gasteiger partial charge in [0.15, 0.2) is 11.5 Å². The van der Waals surface area contributed by atoms with E-state index in [0.29, 0.717) is 11.5 Å². The minimum Gasteiger partial charge on any atom is -0.441 e. The SMILES string of the molecule is CCCNC(Cc1nc2ccccc2o1)C1(C)CCCC1. The van der Waals surface area contributed by atoms with Gasteiger partial charge in [0.2, 0.25) is 0 Å². The lowest BCUT2D eigenvalue weighted by Gasteiger charge is -2.34. The second kappa shape index (κ2) is 6.18. The van der Waals surface area contributed by atoms with E-state index in [0.717, 1.165) is 30.0 Å². The smallest absolute Gasteiger partial charge is 0.197 e. The van der Waals surface area contributed by atoms with Crippen LogP contribution in [0.25, 0.3) is 11.1 Å². The van der Waals surface area contributed by atoms with E-state index in [4.69, 9.17) is 4.42 Å². The quantitative estimate of drug-likeness (QED) is 0.859. The van der Waals surface area contributed by atoms with Crippen molar-refractivity contribution in [3.8, 4) is 0 Å². The predicted molar refractivity (Wildman–Crippen MR) is 86.4 cm³/mol. The van der Waals surface area contributed by atoms with Crippen molar-refractivity contribution < 1.29 is 4.42 Å². The van der Waals surface area contributed by atoms with Gasteiger partial charge in [-0.3, -0.25) is 0 Å². The summed E-state index contributed by atoms with van der Waals surface area (Å²) >= 11 is 0. The van der Waals surface area contributed by atoms with Crippen LogP contribution in [0.2, 0.25) is 0 Å². The highest BCUT2D eigenvalue weighted by molar-refractivity contribution is 5.72. The fraction of sp³-hybridized carbons (Fsp3) is 0.611. The van der Waals surface area contributed by atoms with E-state index in [1.165, 1.54) is 32.1 Å². The summed E-state index contributed by atoms with van der Waals surface area (Å²) in [5, 5.41) is 3.74. The lowest BCUT2D eigenvalue weighted by atomic mass is 9.79. The molecule has 3 rings (SSSR count). The van der Waals surface area contributed by atoms with Crippen molar-refractivity contribution in [1.82, 2.24) is 10.3 Å². The molecule has 114 valence electrons. The Morgan fingerprint density at radius 2 is 2.05 bits per heavy atom. The highest BCUT2D eigenvalue weighted by atomic mass is 16.3. The molecule has 0 bridgehead atoms. The number of nitrogens with zero attached hydrogens (tertiary/aromatic N) is 1. The van der Waals surface area contributed by atoms with Gasteiger partial charge in [-0.05, 0) is 43.4 Å². The minimum atomic E-state index is 0.385. The monoisotopic (exact) mass is 286 g/mol. The summed E-state index contributed by atoms with van der Waals surface area (Å²) in [6, 6.07) is 8.50. The molecule has 0 radical (unpaired) electrons. The molecule has 1 aliphatic rings. The number of benzene rings is 1. The summed E-state index contributed by atoms with van der Waals surface area (Å²) in [5.41, 5.74) is 2.26. The van der Waals surface area contributed by atoms with Crippen LogP contribution in [-0.4, -0.2) is 17.6 Å². The molecule has 1 heterocycles. The molecule has 1 unspecified atom stereocenters. The first-order valence-electron chi connectivity index (χ1n) is 8.29. The van der Waals surface area contributed by atoms with Gasteiger partial charge < -0.3 is 9.73 Å². The van der Waals surface area contributed by atoms with Crippen LogP contribution in [-0.2, 0) is 6.42 Å². The molecule has 1 N–H and O–H groups in total. The fourth-order valence-electron chi connectivity index (χ4n) is 3.60. The number of hydrogen-bond acceptors (Lipinski definition) is 3. The Balaban J connectivity index is 1.79. The van der Waals surface area contributed by atoms with E-state index in [2.05, 4.69) is 24.1 Å². The van der Waals surface area contributed by atoms with Crippen LogP contribution in [0.1, 0.15) is 51.8 Å². The summed E-state index contributed by atoms with van der Waals surface area (Å²) in [6.07, 6.45) is 7.40. The second-order valence-electron chi connectivity index (χ2n) is 6.65. The van der Waals surface area contributed by atoms with Gasteiger partial charge >= 0.3 is 0 Å². The van der Waals surface area contributed by atoms with Gasteiger partial charge in [0.05, 0.1) is 0 Å². The zero-order chi connectivity index (χ0) is 14.7. The Morgan fingerprint density at radius 1 is 1.29 bits per heavy atom. The highest BCUT2D eigenvalue weighted by Gasteiger charge is 2.37. The summed E-state index contributed by atoms with van der Waals surface area (Å²) in [7, 11) is 0. The minimum absolute atomic E-state index is 0.385. The lowest BCUT2D eigenvalue weighted by molar-refractivity contribution is 0.211. The van der Waals surface area contributed by atoms with Crippen LogP contribution in [0.3, 0.4) is 0 Å². The third-order valence-corrected chi connectivity index (χ3v) is 4.94. The van der Waals surface area contributed by atoms with Gasteiger partial charge in [-0.25, -0.2) is 4.98 Å². The zero-order valence-electron chi connectivity index (χ0n) is 13.2.